The number of carbonyl (C=O) groups excluding carboxylic acids is 1. The SMILES string of the molecule is Cc1cn([C@@H]2O[C@H](CO[Si](C)(C)C(C)(C)C)C3(OC(=O)N=C3N)[C@H]2O[Si](C)(C)C)c(=O)n(C)c1=O. The maximum atomic E-state index is 13.2. The van der Waals surface area contributed by atoms with Gasteiger partial charge in [-0.25, -0.2) is 9.59 Å². The van der Waals surface area contributed by atoms with Crippen LogP contribution in [0.1, 0.15) is 32.6 Å². The summed E-state index contributed by atoms with van der Waals surface area (Å²) in [4.78, 5) is 41.7. The molecule has 2 aliphatic rings. The zero-order valence-corrected chi connectivity index (χ0v) is 24.3. The Balaban J connectivity index is 2.17. The Morgan fingerprint density at radius 2 is 1.77 bits per heavy atom. The molecule has 1 aromatic heterocycles. The fourth-order valence-electron chi connectivity index (χ4n) is 4.00. The van der Waals surface area contributed by atoms with Gasteiger partial charge >= 0.3 is 11.8 Å². The quantitative estimate of drug-likeness (QED) is 0.557. The van der Waals surface area contributed by atoms with E-state index in [1.165, 1.54) is 17.8 Å². The molecule has 0 aromatic carbocycles. The van der Waals surface area contributed by atoms with Crippen LogP contribution in [0, 0.1) is 6.92 Å². The average molecular weight is 527 g/mol. The van der Waals surface area contributed by atoms with Gasteiger partial charge in [0.15, 0.2) is 28.7 Å². The van der Waals surface area contributed by atoms with E-state index in [9.17, 15) is 14.4 Å². The van der Waals surface area contributed by atoms with Gasteiger partial charge in [-0.2, -0.15) is 4.99 Å². The maximum Gasteiger partial charge on any atom is 0.436 e. The number of ether oxygens (including phenoxy) is 2. The Labute approximate surface area is 207 Å². The highest BCUT2D eigenvalue weighted by Crippen LogP contribution is 2.46. The predicted octanol–water partition coefficient (Wildman–Crippen LogP) is 2.24. The topological polar surface area (TPSA) is 136 Å². The molecule has 11 nitrogen and oxygen atoms in total. The molecule has 196 valence electrons. The second kappa shape index (κ2) is 8.80. The number of aromatic nitrogens is 2. The van der Waals surface area contributed by atoms with Gasteiger partial charge < -0.3 is 24.1 Å². The lowest BCUT2D eigenvalue weighted by molar-refractivity contribution is -0.0571. The molecule has 2 aliphatic heterocycles. The van der Waals surface area contributed by atoms with E-state index in [1.54, 1.807) is 6.92 Å². The minimum absolute atomic E-state index is 0.0571. The highest BCUT2D eigenvalue weighted by Gasteiger charge is 2.67. The number of rotatable bonds is 6. The lowest BCUT2D eigenvalue weighted by Crippen LogP contribution is -2.61. The van der Waals surface area contributed by atoms with E-state index in [0.717, 1.165) is 4.57 Å². The Morgan fingerprint density at radius 3 is 2.26 bits per heavy atom. The first-order valence-electron chi connectivity index (χ1n) is 11.7. The van der Waals surface area contributed by atoms with Gasteiger partial charge in [-0.3, -0.25) is 13.9 Å². The molecule has 1 spiro atoms. The van der Waals surface area contributed by atoms with Crippen molar-refractivity contribution in [2.45, 2.75) is 89.5 Å². The Morgan fingerprint density at radius 1 is 1.17 bits per heavy atom. The first-order chi connectivity index (χ1) is 15.8. The van der Waals surface area contributed by atoms with E-state index in [4.69, 9.17) is 24.1 Å². The summed E-state index contributed by atoms with van der Waals surface area (Å²) in [5.74, 6) is -0.0772. The van der Waals surface area contributed by atoms with Crippen LogP contribution in [-0.4, -0.2) is 62.1 Å². The molecule has 0 saturated carbocycles. The molecular weight excluding hydrogens is 488 g/mol. The van der Waals surface area contributed by atoms with E-state index in [1.807, 2.05) is 19.6 Å². The predicted molar refractivity (Wildman–Crippen MR) is 137 cm³/mol. The van der Waals surface area contributed by atoms with Gasteiger partial charge in [-0.15, -0.1) is 0 Å². The molecule has 3 rings (SSSR count). The minimum Gasteiger partial charge on any atom is -0.427 e. The third kappa shape index (κ3) is 4.83. The minimum atomic E-state index is -2.31. The molecule has 0 radical (unpaired) electrons. The van der Waals surface area contributed by atoms with Crippen molar-refractivity contribution < 1.29 is 23.1 Å². The molecule has 1 saturated heterocycles. The fourth-order valence-corrected chi connectivity index (χ4v) is 6.06. The fraction of sp³-hybridized carbons (Fsp3) is 0.727. The first-order valence-corrected chi connectivity index (χ1v) is 18.0. The average Bonchev–Trinajstić information content (AvgIpc) is 3.16. The van der Waals surface area contributed by atoms with E-state index in [0.29, 0.717) is 5.56 Å². The molecule has 0 aliphatic carbocycles. The van der Waals surface area contributed by atoms with Crippen LogP contribution in [0.2, 0.25) is 37.8 Å². The summed E-state index contributed by atoms with van der Waals surface area (Å²) < 4.78 is 27.4. The summed E-state index contributed by atoms with van der Waals surface area (Å²) in [6.45, 7) is 18.1. The summed E-state index contributed by atoms with van der Waals surface area (Å²) in [7, 11) is -3.15. The van der Waals surface area contributed by atoms with Crippen LogP contribution in [0.15, 0.2) is 20.8 Å². The van der Waals surface area contributed by atoms with Gasteiger partial charge in [0.25, 0.3) is 5.56 Å². The number of aryl methyl sites for hydroxylation is 1. The molecule has 1 aromatic rings. The monoisotopic (exact) mass is 526 g/mol. The number of amidine groups is 1. The van der Waals surface area contributed by atoms with Crippen LogP contribution in [0.4, 0.5) is 4.79 Å². The highest BCUT2D eigenvalue weighted by atomic mass is 28.4. The van der Waals surface area contributed by atoms with Crippen molar-refractivity contribution in [2.75, 3.05) is 6.61 Å². The zero-order valence-electron chi connectivity index (χ0n) is 22.3. The van der Waals surface area contributed by atoms with E-state index in [2.05, 4.69) is 38.9 Å². The number of hydrogen-bond donors (Lipinski definition) is 1. The number of carbonyl (C=O) groups is 1. The molecule has 1 fully saturated rings. The Kier molecular flexibility index (Phi) is 6.92. The van der Waals surface area contributed by atoms with Crippen molar-refractivity contribution >= 4 is 28.6 Å². The Hall–Kier alpha value is -2.07. The van der Waals surface area contributed by atoms with Crippen molar-refractivity contribution in [1.82, 2.24) is 9.13 Å². The van der Waals surface area contributed by atoms with Crippen molar-refractivity contribution in [1.29, 1.82) is 0 Å². The largest absolute Gasteiger partial charge is 0.436 e. The standard InChI is InChI=1S/C22H38N4O7Si2/c1-13-11-26(20(29)25(5)16(13)27)17-15(33-34(6,7)8)22(18(23)24-19(28)32-22)14(31-17)12-30-35(9,10)21(2,3)4/h11,14-15,17H,12H2,1-10H3,(H2,23,24,28)/t14-,15+,17-,22?/m1/s1. The maximum absolute atomic E-state index is 13.2. The van der Waals surface area contributed by atoms with Crippen molar-refractivity contribution in [3.05, 3.63) is 32.6 Å². The Bertz CT molecular complexity index is 1160. The van der Waals surface area contributed by atoms with Gasteiger partial charge in [-0.05, 0) is 44.7 Å². The van der Waals surface area contributed by atoms with Gasteiger partial charge in [-0.1, -0.05) is 20.8 Å². The highest BCUT2D eigenvalue weighted by molar-refractivity contribution is 6.74. The number of nitrogens with two attached hydrogens (primary N) is 1. The van der Waals surface area contributed by atoms with Crippen LogP contribution < -0.4 is 17.0 Å². The third-order valence-electron chi connectivity index (χ3n) is 6.97. The van der Waals surface area contributed by atoms with Gasteiger partial charge in [0.1, 0.15) is 12.2 Å². The van der Waals surface area contributed by atoms with Crippen molar-refractivity contribution in [3.63, 3.8) is 0 Å². The second-order valence-corrected chi connectivity index (χ2v) is 21.0. The normalized spacial score (nSPS) is 27.4. The summed E-state index contributed by atoms with van der Waals surface area (Å²) in [6, 6.07) is 0. The molecule has 1 amide bonds. The van der Waals surface area contributed by atoms with Gasteiger partial charge in [0.2, 0.25) is 5.60 Å². The molecule has 13 heteroatoms. The first kappa shape index (κ1) is 27.5. The summed E-state index contributed by atoms with van der Waals surface area (Å²) in [6.07, 6.45) is -2.32. The van der Waals surface area contributed by atoms with E-state index in [-0.39, 0.29) is 17.5 Å². The van der Waals surface area contributed by atoms with Crippen LogP contribution >= 0.6 is 0 Å². The third-order valence-corrected chi connectivity index (χ3v) is 12.4. The summed E-state index contributed by atoms with van der Waals surface area (Å²) in [5, 5.41) is -0.0792. The van der Waals surface area contributed by atoms with Crippen LogP contribution in [0.3, 0.4) is 0 Å². The molecule has 3 heterocycles. The smallest absolute Gasteiger partial charge is 0.427 e. The lowest BCUT2D eigenvalue weighted by Gasteiger charge is -2.39. The molecule has 35 heavy (non-hydrogen) atoms. The van der Waals surface area contributed by atoms with E-state index >= 15 is 0 Å². The second-order valence-electron chi connectivity index (χ2n) is 11.8. The van der Waals surface area contributed by atoms with Gasteiger partial charge in [0, 0.05) is 18.8 Å². The summed E-state index contributed by atoms with van der Waals surface area (Å²) >= 11 is 0. The van der Waals surface area contributed by atoms with Crippen molar-refractivity contribution in [3.8, 4) is 0 Å². The van der Waals surface area contributed by atoms with Crippen LogP contribution in [0.5, 0.6) is 0 Å². The molecule has 0 bridgehead atoms. The van der Waals surface area contributed by atoms with Gasteiger partial charge in [0.05, 0.1) is 6.61 Å². The summed E-state index contributed by atoms with van der Waals surface area (Å²) in [5.41, 5.74) is 4.10. The molecule has 2 N–H and O–H groups in total. The van der Waals surface area contributed by atoms with Crippen molar-refractivity contribution in [2.24, 2.45) is 17.8 Å². The van der Waals surface area contributed by atoms with E-state index < -0.39 is 58.0 Å². The number of amides is 1. The van der Waals surface area contributed by atoms with Crippen LogP contribution in [0.25, 0.3) is 0 Å². The molecule has 4 atom stereocenters. The zero-order chi connectivity index (χ0) is 26.7. The molecular formula is C22H38N4O7Si2. The number of nitrogens with zero attached hydrogens (tertiary/aromatic N) is 3. The lowest BCUT2D eigenvalue weighted by atomic mass is 9.91. The number of hydrogen-bond acceptors (Lipinski definition) is 8. The number of aliphatic imine (C=N–C) groups is 1. The molecule has 1 unspecified atom stereocenters. The van der Waals surface area contributed by atoms with Crippen LogP contribution in [-0.2, 0) is 25.4 Å².